The van der Waals surface area contributed by atoms with Gasteiger partial charge in [-0.2, -0.15) is 0 Å². The van der Waals surface area contributed by atoms with Gasteiger partial charge in [-0.25, -0.2) is 29.9 Å². The molecule has 0 fully saturated rings. The van der Waals surface area contributed by atoms with Crippen LogP contribution in [-0.2, 0) is 10.8 Å². The van der Waals surface area contributed by atoms with Crippen LogP contribution < -0.4 is 4.90 Å². The summed E-state index contributed by atoms with van der Waals surface area (Å²) < 4.78 is 2.43. The van der Waals surface area contributed by atoms with E-state index >= 15 is 0 Å². The molecule has 3 aliphatic rings. The molecule has 0 unspecified atom stereocenters. The van der Waals surface area contributed by atoms with Gasteiger partial charge in [-0.1, -0.05) is 282 Å². The molecule has 3 aromatic heterocycles. The van der Waals surface area contributed by atoms with E-state index in [-0.39, 0.29) is 10.8 Å². The molecule has 8 heteroatoms. The molecule has 490 valence electrons. The molecule has 20 rings (SSSR count). The Hall–Kier alpha value is -13.3. The van der Waals surface area contributed by atoms with Gasteiger partial charge in [-0.3, -0.25) is 0 Å². The smallest absolute Gasteiger partial charge is 0.164 e. The summed E-state index contributed by atoms with van der Waals surface area (Å²) in [5.74, 6) is 3.71. The molecule has 0 amide bonds. The second-order valence-electron chi connectivity index (χ2n) is 28.6. The van der Waals surface area contributed by atoms with Crippen LogP contribution in [0.25, 0.3) is 163 Å². The van der Waals surface area contributed by atoms with E-state index in [2.05, 4.69) is 347 Å². The average molecular weight is 1330 g/mol. The van der Waals surface area contributed by atoms with Gasteiger partial charge in [-0.15, -0.1) is 0 Å². The summed E-state index contributed by atoms with van der Waals surface area (Å²) in [4.78, 5) is 34.0. The van der Waals surface area contributed by atoms with E-state index in [1.807, 2.05) is 18.2 Å². The fourth-order valence-corrected chi connectivity index (χ4v) is 16.6. The van der Waals surface area contributed by atoms with Gasteiger partial charge in [0.2, 0.25) is 0 Å². The van der Waals surface area contributed by atoms with Crippen molar-refractivity contribution in [3.05, 3.63) is 350 Å². The summed E-state index contributed by atoms with van der Waals surface area (Å²) in [7, 11) is 0. The quantitative estimate of drug-likeness (QED) is 0.135. The highest BCUT2D eigenvalue weighted by Gasteiger charge is 2.38. The molecule has 2 aliphatic carbocycles. The summed E-state index contributed by atoms with van der Waals surface area (Å²) in [6.45, 7) is 9.26. The standard InChI is InChI=1S/C96H66N8/c1-95(2)80-33-16-11-28-73(80)75-52-48-69(57-82(75)95)93-100-92(101-94(102-93)70-49-53-76-74-29-12-17-34-81(74)96(3,4)83(76)58-70)68-45-44-65-54-64(42-43-66(65)56-68)59-38-40-62(41-39-59)90-97-89(61-22-7-5-8-23-61)98-91(99-90)67-25-21-24-63(55-67)60-46-50-72(51-47-60)103-84-35-18-13-30-77(84)87-78-31-14-19-36-85(78)104(71-26-9-6-10-27-71)88(87)79-32-15-20-37-86(79)103/h5-58H,1-4H3. The van der Waals surface area contributed by atoms with Crippen molar-refractivity contribution >= 4 is 38.7 Å². The lowest BCUT2D eigenvalue weighted by Gasteiger charge is -2.27. The molecular formula is C96H66N8. The Labute approximate surface area is 603 Å². The average Bonchev–Trinajstić information content (AvgIpc) is 1.54. The third-order valence-corrected chi connectivity index (χ3v) is 21.8. The molecule has 0 radical (unpaired) electrons. The van der Waals surface area contributed by atoms with Crippen LogP contribution >= 0.6 is 0 Å². The molecule has 0 spiro atoms. The number of hydrogen-bond donors (Lipinski definition) is 0. The Kier molecular flexibility index (Phi) is 13.8. The van der Waals surface area contributed by atoms with Crippen molar-refractivity contribution in [3.8, 4) is 141 Å². The predicted octanol–water partition coefficient (Wildman–Crippen LogP) is 24.2. The summed E-state index contributed by atoms with van der Waals surface area (Å²) in [6, 6.07) is 118. The molecule has 17 aromatic rings. The van der Waals surface area contributed by atoms with E-state index < -0.39 is 0 Å². The van der Waals surface area contributed by atoms with Crippen LogP contribution in [0.2, 0.25) is 0 Å². The largest absolute Gasteiger partial charge is 0.309 e. The highest BCUT2D eigenvalue weighted by atomic mass is 15.2. The van der Waals surface area contributed by atoms with E-state index in [1.54, 1.807) is 0 Å². The predicted molar refractivity (Wildman–Crippen MR) is 425 cm³/mol. The molecule has 0 atom stereocenters. The van der Waals surface area contributed by atoms with Gasteiger partial charge in [0.25, 0.3) is 0 Å². The fraction of sp³-hybridized carbons (Fsp3) is 0.0625. The maximum atomic E-state index is 5.33. The molecule has 104 heavy (non-hydrogen) atoms. The van der Waals surface area contributed by atoms with Crippen molar-refractivity contribution in [1.82, 2.24) is 34.5 Å². The Morgan fingerprint density at radius 1 is 0.240 bits per heavy atom. The number of aromatic nitrogens is 7. The number of benzene rings is 14. The number of nitrogens with zero attached hydrogens (tertiary/aromatic N) is 8. The lowest BCUT2D eigenvalue weighted by Crippen LogP contribution is -2.15. The van der Waals surface area contributed by atoms with E-state index in [4.69, 9.17) is 29.9 Å². The second-order valence-corrected chi connectivity index (χ2v) is 28.6. The summed E-state index contributed by atoms with van der Waals surface area (Å²) >= 11 is 0. The van der Waals surface area contributed by atoms with E-state index in [0.717, 1.165) is 94.7 Å². The minimum absolute atomic E-state index is 0.182. The Morgan fingerprint density at radius 2 is 0.615 bits per heavy atom. The van der Waals surface area contributed by atoms with Crippen molar-refractivity contribution < 1.29 is 0 Å². The molecule has 0 bridgehead atoms. The number of hydrogen-bond acceptors (Lipinski definition) is 7. The second kappa shape index (κ2) is 23.7. The maximum absolute atomic E-state index is 5.33. The lowest BCUT2D eigenvalue weighted by atomic mass is 9.82. The summed E-state index contributed by atoms with van der Waals surface area (Å²) in [5.41, 5.74) is 30.1. The highest BCUT2D eigenvalue weighted by molar-refractivity contribution is 6.13. The molecule has 0 saturated carbocycles. The van der Waals surface area contributed by atoms with Crippen LogP contribution in [-0.4, -0.2) is 34.5 Å². The highest BCUT2D eigenvalue weighted by Crippen LogP contribution is 2.56. The van der Waals surface area contributed by atoms with Crippen LogP contribution in [0.4, 0.5) is 17.1 Å². The zero-order chi connectivity index (χ0) is 69.4. The SMILES string of the molecule is CC1(C)c2ccccc2-c2ccc(-c3nc(-c4ccc5c(c4)C(C)(C)c4ccccc4-5)nc(-c4ccc5cc(-c6ccc(-c7nc(-c8ccccc8)nc(-c8cccc(-c9ccc(N%10c%11ccccc%11-c%11c(n(-c%12ccccc%12)c%12ccccc%11%12)-c%11ccccc%11%10)cc9)c8)n7)cc6)ccc5c4)n3)cc21. The summed E-state index contributed by atoms with van der Waals surface area (Å²) in [5, 5.41) is 3.41. The first-order valence-corrected chi connectivity index (χ1v) is 35.6. The zero-order valence-corrected chi connectivity index (χ0v) is 57.8. The number of fused-ring (bicyclic) bond motifs is 14. The van der Waals surface area contributed by atoms with Crippen LogP contribution in [0.15, 0.2) is 328 Å². The van der Waals surface area contributed by atoms with Crippen LogP contribution in [0.5, 0.6) is 0 Å². The first kappa shape index (κ1) is 60.6. The van der Waals surface area contributed by atoms with E-state index in [1.165, 1.54) is 72.2 Å². The lowest BCUT2D eigenvalue weighted by molar-refractivity contribution is 0.660. The maximum Gasteiger partial charge on any atom is 0.164 e. The molecule has 0 N–H and O–H groups in total. The fourth-order valence-electron chi connectivity index (χ4n) is 16.6. The molecule has 0 saturated heterocycles. The minimum Gasteiger partial charge on any atom is -0.309 e. The van der Waals surface area contributed by atoms with Gasteiger partial charge in [-0.05, 0) is 150 Å². The Morgan fingerprint density at radius 3 is 1.21 bits per heavy atom. The summed E-state index contributed by atoms with van der Waals surface area (Å²) in [6.07, 6.45) is 0. The van der Waals surface area contributed by atoms with Crippen molar-refractivity contribution in [1.29, 1.82) is 0 Å². The third-order valence-electron chi connectivity index (χ3n) is 21.8. The van der Waals surface area contributed by atoms with Crippen molar-refractivity contribution in [2.45, 2.75) is 38.5 Å². The van der Waals surface area contributed by atoms with E-state index in [9.17, 15) is 0 Å². The van der Waals surface area contributed by atoms with Crippen molar-refractivity contribution in [2.75, 3.05) is 4.90 Å². The first-order valence-electron chi connectivity index (χ1n) is 35.6. The molecule has 8 nitrogen and oxygen atoms in total. The number of rotatable bonds is 10. The van der Waals surface area contributed by atoms with Gasteiger partial charge in [0, 0.05) is 77.7 Å². The van der Waals surface area contributed by atoms with Gasteiger partial charge in [0.1, 0.15) is 0 Å². The van der Waals surface area contributed by atoms with E-state index in [0.29, 0.717) is 34.9 Å². The van der Waals surface area contributed by atoms with Crippen molar-refractivity contribution in [3.63, 3.8) is 0 Å². The monoisotopic (exact) mass is 1330 g/mol. The Balaban J connectivity index is 0.610. The molecule has 14 aromatic carbocycles. The molecular weight excluding hydrogens is 1270 g/mol. The number of para-hydroxylation sites is 4. The Bertz CT molecular complexity index is 6220. The normalized spacial score (nSPS) is 13.3. The van der Waals surface area contributed by atoms with Gasteiger partial charge in [0.05, 0.1) is 22.6 Å². The topological polar surface area (TPSA) is 85.5 Å². The minimum atomic E-state index is -0.182. The van der Waals surface area contributed by atoms with Gasteiger partial charge >= 0.3 is 0 Å². The molecule has 1 aliphatic heterocycles. The number of anilines is 3. The zero-order valence-electron chi connectivity index (χ0n) is 57.8. The van der Waals surface area contributed by atoms with Crippen molar-refractivity contribution in [2.24, 2.45) is 0 Å². The van der Waals surface area contributed by atoms with Gasteiger partial charge in [0.15, 0.2) is 34.9 Å². The first-order chi connectivity index (χ1) is 51.0. The third kappa shape index (κ3) is 9.81. The van der Waals surface area contributed by atoms with Crippen LogP contribution in [0.1, 0.15) is 49.9 Å². The van der Waals surface area contributed by atoms with Crippen LogP contribution in [0.3, 0.4) is 0 Å². The van der Waals surface area contributed by atoms with Crippen LogP contribution in [0, 0.1) is 0 Å². The van der Waals surface area contributed by atoms with Gasteiger partial charge < -0.3 is 9.47 Å². The molecule has 4 heterocycles.